The van der Waals surface area contributed by atoms with E-state index in [9.17, 15) is 25.9 Å². The SMILES string of the molecule is COc1ccc(-c2ccc(Oc3ccc(P(=O)(c4ccccc4)c4ccc(Oc5ccc(-c6ccc(Oc7ccc(P(=O)(c8ccc(C)cc8)c8cccc(S(=O)(=O)O)c8)cc7S(=O)(=O)O)cc6)cc5)cc4)cc3)cc2)cc1.O=S(=O)=O. The fourth-order valence-corrected chi connectivity index (χ4v) is 15.5. The maximum atomic E-state index is 15.3. The number of hydrogen-bond donors (Lipinski definition) is 2. The highest BCUT2D eigenvalue weighted by molar-refractivity contribution is 7.87. The third-order valence-corrected chi connectivity index (χ3v) is 20.8. The lowest BCUT2D eigenvalue weighted by atomic mass is 10.1. The molecule has 10 aromatic carbocycles. The predicted molar refractivity (Wildman–Crippen MR) is 316 cm³/mol. The van der Waals surface area contributed by atoms with Crippen LogP contribution in [0.15, 0.2) is 252 Å². The normalized spacial score (nSPS) is 12.8. The van der Waals surface area contributed by atoms with Crippen molar-refractivity contribution in [3.05, 3.63) is 248 Å². The summed E-state index contributed by atoms with van der Waals surface area (Å²) in [7, 11) is -18.5. The number of ether oxygens (including phenoxy) is 4. The van der Waals surface area contributed by atoms with Crippen LogP contribution in [0.1, 0.15) is 5.56 Å². The van der Waals surface area contributed by atoms with Gasteiger partial charge in [0.1, 0.15) is 45.1 Å². The Morgan fingerprint density at radius 1 is 0.366 bits per heavy atom. The molecule has 0 aliphatic carbocycles. The third-order valence-electron chi connectivity index (χ3n) is 13.0. The zero-order valence-electron chi connectivity index (χ0n) is 43.4. The van der Waals surface area contributed by atoms with Gasteiger partial charge in [-0.3, -0.25) is 9.11 Å². The molecular weight excluding hydrogens is 1140 g/mol. The van der Waals surface area contributed by atoms with Gasteiger partial charge in [0, 0.05) is 31.8 Å². The van der Waals surface area contributed by atoms with Crippen LogP contribution in [0.25, 0.3) is 22.3 Å². The van der Waals surface area contributed by atoms with Gasteiger partial charge in [0.2, 0.25) is 0 Å². The lowest BCUT2D eigenvalue weighted by Crippen LogP contribution is -2.26. The second-order valence-corrected chi connectivity index (χ2v) is 27.0. The number of benzene rings is 10. The topological polar surface area (TPSA) is 231 Å². The Balaban J connectivity index is 0.00000196. The minimum atomic E-state index is -4.98. The van der Waals surface area contributed by atoms with E-state index in [-0.39, 0.29) is 27.4 Å². The lowest BCUT2D eigenvalue weighted by molar-refractivity contribution is 0.415. The van der Waals surface area contributed by atoms with Gasteiger partial charge < -0.3 is 28.1 Å². The molecular formula is C62H48O15P2S3. The van der Waals surface area contributed by atoms with Crippen molar-refractivity contribution in [1.82, 2.24) is 0 Å². The van der Waals surface area contributed by atoms with Gasteiger partial charge in [0.15, 0.2) is 14.3 Å². The van der Waals surface area contributed by atoms with Crippen LogP contribution in [0.5, 0.6) is 40.2 Å². The molecule has 0 aliphatic heterocycles. The maximum Gasteiger partial charge on any atom is 0.425 e. The monoisotopic (exact) mass is 1190 g/mol. The van der Waals surface area contributed by atoms with E-state index in [1.807, 2.05) is 146 Å². The molecule has 2 atom stereocenters. The minimum Gasteiger partial charge on any atom is -0.497 e. The summed E-state index contributed by atoms with van der Waals surface area (Å²) in [5.41, 5.74) is 4.58. The van der Waals surface area contributed by atoms with Gasteiger partial charge in [0.05, 0.1) is 12.0 Å². The molecule has 2 N–H and O–H groups in total. The molecule has 0 aromatic heterocycles. The standard InChI is InChI=1S/C62H48O12P2S2.O3S/c1-43-11-33-55(34-12-43)76(64,58-9-6-10-60(41-58)77(65,66)67)59-39-40-61(62(42-59)78(68,69)70)74-53-27-19-47(20-28-53)46-17-25-50(26-18-46)73-52-31-37-57(38-32-52)75(63,54-7-4-3-5-8-54)56-35-29-51(30-36-56)72-49-23-15-45(16-24-49)44-13-21-48(71-2)22-14-44;1-4(2)3/h3-42H,1-2H3,(H,65,66,67)(H,68,69,70);. The van der Waals surface area contributed by atoms with Crippen molar-refractivity contribution >= 4 is 77.0 Å². The molecule has 414 valence electrons. The zero-order chi connectivity index (χ0) is 58.2. The highest BCUT2D eigenvalue weighted by atomic mass is 32.2. The Kier molecular flexibility index (Phi) is 17.4. The summed E-state index contributed by atoms with van der Waals surface area (Å²) in [6.07, 6.45) is 0. The van der Waals surface area contributed by atoms with Crippen LogP contribution < -0.4 is 50.8 Å². The van der Waals surface area contributed by atoms with Crippen molar-refractivity contribution in [2.24, 2.45) is 0 Å². The Labute approximate surface area is 475 Å². The largest absolute Gasteiger partial charge is 0.497 e. The van der Waals surface area contributed by atoms with E-state index < -0.39 is 54.9 Å². The summed E-state index contributed by atoms with van der Waals surface area (Å²) in [6.45, 7) is 1.83. The summed E-state index contributed by atoms with van der Waals surface area (Å²) in [5.74, 6) is 3.14. The quantitative estimate of drug-likeness (QED) is 0.0638. The van der Waals surface area contributed by atoms with Crippen LogP contribution in [0.4, 0.5) is 0 Å². The molecule has 15 nitrogen and oxygen atoms in total. The molecule has 20 heteroatoms. The first-order valence-electron chi connectivity index (χ1n) is 24.7. The predicted octanol–water partition coefficient (Wildman–Crippen LogP) is 11.5. The smallest absolute Gasteiger partial charge is 0.425 e. The van der Waals surface area contributed by atoms with E-state index >= 15 is 9.13 Å². The fourth-order valence-electron chi connectivity index (χ4n) is 8.88. The lowest BCUT2D eigenvalue weighted by Gasteiger charge is -2.22. The maximum absolute atomic E-state index is 15.3. The first-order valence-corrected chi connectivity index (χ1v) is 32.0. The highest BCUT2D eigenvalue weighted by Crippen LogP contribution is 2.46. The number of methoxy groups -OCH3 is 1. The average Bonchev–Trinajstić information content (AvgIpc) is 3.68. The highest BCUT2D eigenvalue weighted by Gasteiger charge is 2.34. The molecule has 0 saturated heterocycles. The van der Waals surface area contributed by atoms with E-state index in [2.05, 4.69) is 0 Å². The van der Waals surface area contributed by atoms with Gasteiger partial charge in [-0.25, -0.2) is 0 Å². The van der Waals surface area contributed by atoms with Gasteiger partial charge in [-0.05, 0) is 157 Å². The molecule has 0 radical (unpaired) electrons. The first kappa shape index (κ1) is 58.0. The van der Waals surface area contributed by atoms with E-state index in [0.717, 1.165) is 51.8 Å². The van der Waals surface area contributed by atoms with Crippen LogP contribution in [0.2, 0.25) is 0 Å². The van der Waals surface area contributed by atoms with Crippen molar-refractivity contribution < 1.29 is 66.6 Å². The number of hydrogen-bond acceptors (Lipinski definition) is 13. The summed E-state index contributed by atoms with van der Waals surface area (Å²) in [5, 5.41) is 2.17. The van der Waals surface area contributed by atoms with E-state index in [1.54, 1.807) is 67.8 Å². The fraction of sp³-hybridized carbons (Fsp3) is 0.0323. The molecule has 0 fully saturated rings. The van der Waals surface area contributed by atoms with Crippen LogP contribution >= 0.6 is 14.3 Å². The molecule has 0 heterocycles. The molecule has 0 bridgehead atoms. The van der Waals surface area contributed by atoms with Crippen molar-refractivity contribution in [2.45, 2.75) is 16.7 Å². The van der Waals surface area contributed by atoms with Crippen LogP contribution in [-0.2, 0) is 40.0 Å². The van der Waals surface area contributed by atoms with Crippen LogP contribution in [0, 0.1) is 6.92 Å². The summed E-state index contributed by atoms with van der Waals surface area (Å²) in [6, 6.07) is 69.1. The second kappa shape index (κ2) is 24.6. The van der Waals surface area contributed by atoms with E-state index in [4.69, 9.17) is 31.6 Å². The van der Waals surface area contributed by atoms with Gasteiger partial charge >= 0.3 is 10.6 Å². The third kappa shape index (κ3) is 13.4. The molecule has 82 heavy (non-hydrogen) atoms. The van der Waals surface area contributed by atoms with Gasteiger partial charge in [-0.15, -0.1) is 12.6 Å². The first-order chi connectivity index (χ1) is 39.2. The zero-order valence-corrected chi connectivity index (χ0v) is 47.7. The second-order valence-electron chi connectivity index (χ2n) is 18.3. The Morgan fingerprint density at radius 2 is 0.695 bits per heavy atom. The van der Waals surface area contributed by atoms with E-state index in [1.165, 1.54) is 24.3 Å². The molecule has 0 saturated carbocycles. The van der Waals surface area contributed by atoms with Crippen LogP contribution in [0.3, 0.4) is 0 Å². The molecule has 0 spiro atoms. The van der Waals surface area contributed by atoms with Gasteiger partial charge in [-0.2, -0.15) is 16.8 Å². The van der Waals surface area contributed by atoms with Gasteiger partial charge in [0.25, 0.3) is 20.2 Å². The van der Waals surface area contributed by atoms with Gasteiger partial charge in [-0.1, -0.05) is 121 Å². The number of aryl methyl sites for hydroxylation is 1. The Morgan fingerprint density at radius 3 is 1.10 bits per heavy atom. The Hall–Kier alpha value is -8.70. The van der Waals surface area contributed by atoms with Crippen molar-refractivity contribution in [1.29, 1.82) is 0 Å². The van der Waals surface area contributed by atoms with E-state index in [0.29, 0.717) is 38.9 Å². The summed E-state index contributed by atoms with van der Waals surface area (Å²) in [4.78, 5) is -1.16. The summed E-state index contributed by atoms with van der Waals surface area (Å²) < 4.78 is 150. The molecule has 0 aliphatic rings. The Bertz CT molecular complexity index is 4360. The summed E-state index contributed by atoms with van der Waals surface area (Å²) >= 11 is 0. The van der Waals surface area contributed by atoms with Crippen molar-refractivity contribution in [2.75, 3.05) is 7.11 Å². The molecule has 0 amide bonds. The molecule has 10 aromatic rings. The van der Waals surface area contributed by atoms with Crippen molar-refractivity contribution in [3.63, 3.8) is 0 Å². The number of rotatable bonds is 17. The van der Waals surface area contributed by atoms with Crippen LogP contribution in [-0.4, -0.2) is 45.7 Å². The molecule has 10 rings (SSSR count). The van der Waals surface area contributed by atoms with Crippen molar-refractivity contribution in [3.8, 4) is 62.5 Å². The average molecular weight is 1190 g/mol. The molecule has 2 unspecified atom stereocenters. The minimum absolute atomic E-state index is 0.00373.